The van der Waals surface area contributed by atoms with Gasteiger partial charge in [0.25, 0.3) is 10.8 Å². The second-order valence-corrected chi connectivity index (χ2v) is 7.15. The minimum atomic E-state index is -0.521. The molecule has 3 aromatic rings. The third-order valence-electron chi connectivity index (χ3n) is 4.02. The first-order valence-corrected chi connectivity index (χ1v) is 9.80. The number of amides is 1. The molecule has 0 fully saturated rings. The van der Waals surface area contributed by atoms with Crippen LogP contribution in [0.25, 0.3) is 0 Å². The molecule has 0 saturated heterocycles. The van der Waals surface area contributed by atoms with Gasteiger partial charge in [0.1, 0.15) is 5.82 Å². The van der Waals surface area contributed by atoms with Crippen molar-refractivity contribution in [1.29, 1.82) is 0 Å². The highest BCUT2D eigenvalue weighted by Crippen LogP contribution is 2.18. The molecule has 9 nitrogen and oxygen atoms in total. The van der Waals surface area contributed by atoms with Crippen LogP contribution in [-0.4, -0.2) is 31.4 Å². The normalized spacial score (nSPS) is 10.7. The summed E-state index contributed by atoms with van der Waals surface area (Å²) in [6.45, 7) is 5.22. The standard InChI is InChI=1S/C19H18FN5O4S/c1-3-7-25-17(27)14(11(2)21-18(25)28)9-16-23-24-19(29-16)30-10-15(26)22-13-6-4-5-12(20)8-13/h3-6,8H,1,7,9-10H2,2H3,(H,21,28)(H,22,26). The molecule has 156 valence electrons. The van der Waals surface area contributed by atoms with Crippen molar-refractivity contribution in [2.75, 3.05) is 11.1 Å². The number of hydrogen-bond donors (Lipinski definition) is 2. The van der Waals surface area contributed by atoms with Crippen LogP contribution >= 0.6 is 11.8 Å². The van der Waals surface area contributed by atoms with Crippen molar-refractivity contribution in [2.24, 2.45) is 0 Å². The summed E-state index contributed by atoms with van der Waals surface area (Å²) >= 11 is 1.01. The predicted molar refractivity (Wildman–Crippen MR) is 109 cm³/mol. The van der Waals surface area contributed by atoms with E-state index < -0.39 is 17.1 Å². The Morgan fingerprint density at radius 3 is 2.93 bits per heavy atom. The minimum Gasteiger partial charge on any atom is -0.416 e. The largest absolute Gasteiger partial charge is 0.416 e. The van der Waals surface area contributed by atoms with Crippen molar-refractivity contribution < 1.29 is 13.6 Å². The molecule has 0 radical (unpaired) electrons. The molecule has 0 unspecified atom stereocenters. The number of aromatic nitrogens is 4. The molecule has 0 bridgehead atoms. The predicted octanol–water partition coefficient (Wildman–Crippen LogP) is 1.87. The Kier molecular flexibility index (Phi) is 6.62. The van der Waals surface area contributed by atoms with Crippen molar-refractivity contribution in [3.05, 3.63) is 80.7 Å². The van der Waals surface area contributed by atoms with E-state index in [9.17, 15) is 18.8 Å². The fraction of sp³-hybridized carbons (Fsp3) is 0.211. The number of nitrogens with one attached hydrogen (secondary N) is 2. The number of hydrogen-bond acceptors (Lipinski definition) is 7. The zero-order chi connectivity index (χ0) is 21.7. The fourth-order valence-corrected chi connectivity index (χ4v) is 3.21. The lowest BCUT2D eigenvalue weighted by Crippen LogP contribution is -2.37. The van der Waals surface area contributed by atoms with Gasteiger partial charge in [-0.15, -0.1) is 16.8 Å². The van der Waals surface area contributed by atoms with E-state index in [4.69, 9.17) is 4.42 Å². The first-order valence-electron chi connectivity index (χ1n) is 8.81. The Hall–Kier alpha value is -3.47. The number of rotatable bonds is 8. The van der Waals surface area contributed by atoms with Crippen molar-refractivity contribution >= 4 is 23.4 Å². The van der Waals surface area contributed by atoms with Gasteiger partial charge in [-0.3, -0.25) is 14.2 Å². The fourth-order valence-electron chi connectivity index (χ4n) is 2.63. The molecule has 0 atom stereocenters. The Morgan fingerprint density at radius 2 is 2.20 bits per heavy atom. The molecule has 2 N–H and O–H groups in total. The van der Waals surface area contributed by atoms with Gasteiger partial charge in [0.05, 0.1) is 12.2 Å². The number of H-pyrrole nitrogens is 1. The highest BCUT2D eigenvalue weighted by molar-refractivity contribution is 7.99. The molecule has 1 amide bonds. The van der Waals surface area contributed by atoms with E-state index >= 15 is 0 Å². The average molecular weight is 431 g/mol. The van der Waals surface area contributed by atoms with Crippen LogP contribution in [0.5, 0.6) is 0 Å². The number of nitrogens with zero attached hydrogens (tertiary/aromatic N) is 3. The summed E-state index contributed by atoms with van der Waals surface area (Å²) < 4.78 is 19.7. The number of benzene rings is 1. The van der Waals surface area contributed by atoms with E-state index in [0.717, 1.165) is 16.3 Å². The number of carbonyl (C=O) groups is 1. The number of aromatic amines is 1. The van der Waals surface area contributed by atoms with Gasteiger partial charge in [-0.25, -0.2) is 9.18 Å². The Morgan fingerprint density at radius 1 is 1.40 bits per heavy atom. The van der Waals surface area contributed by atoms with Gasteiger partial charge in [-0.1, -0.05) is 23.9 Å². The van der Waals surface area contributed by atoms with Crippen LogP contribution in [0.4, 0.5) is 10.1 Å². The van der Waals surface area contributed by atoms with Crippen LogP contribution in [0.3, 0.4) is 0 Å². The van der Waals surface area contributed by atoms with Crippen molar-refractivity contribution in [3.63, 3.8) is 0 Å². The van der Waals surface area contributed by atoms with E-state index in [-0.39, 0.29) is 35.7 Å². The number of carbonyl (C=O) groups excluding carboxylic acids is 1. The summed E-state index contributed by atoms with van der Waals surface area (Å²) in [6.07, 6.45) is 1.48. The van der Waals surface area contributed by atoms with E-state index in [0.29, 0.717) is 16.9 Å². The maximum absolute atomic E-state index is 13.2. The lowest BCUT2D eigenvalue weighted by molar-refractivity contribution is -0.113. The first-order chi connectivity index (χ1) is 14.4. The van der Waals surface area contributed by atoms with Gasteiger partial charge >= 0.3 is 5.69 Å². The maximum atomic E-state index is 13.2. The van der Waals surface area contributed by atoms with E-state index in [1.165, 1.54) is 24.3 Å². The quantitative estimate of drug-likeness (QED) is 0.412. The highest BCUT2D eigenvalue weighted by atomic mass is 32.2. The molecule has 0 aliphatic carbocycles. The summed E-state index contributed by atoms with van der Waals surface area (Å²) in [4.78, 5) is 39.0. The van der Waals surface area contributed by atoms with Crippen LogP contribution in [0.1, 0.15) is 17.1 Å². The van der Waals surface area contributed by atoms with Crippen molar-refractivity contribution in [2.45, 2.75) is 25.1 Å². The van der Waals surface area contributed by atoms with Crippen molar-refractivity contribution in [3.8, 4) is 0 Å². The van der Waals surface area contributed by atoms with Crippen LogP contribution in [-0.2, 0) is 17.8 Å². The lowest BCUT2D eigenvalue weighted by atomic mass is 10.1. The van der Waals surface area contributed by atoms with Gasteiger partial charge in [0, 0.05) is 23.5 Å². The van der Waals surface area contributed by atoms with Gasteiger partial charge in [-0.05, 0) is 25.1 Å². The number of allylic oxidation sites excluding steroid dienone is 1. The molecule has 0 spiro atoms. The Labute approximate surface area is 174 Å². The summed E-state index contributed by atoms with van der Waals surface area (Å²) in [5, 5.41) is 10.4. The molecule has 0 aliphatic rings. The molecule has 3 rings (SSSR count). The second kappa shape index (κ2) is 9.35. The number of halogens is 1. The molecule has 2 heterocycles. The number of thioether (sulfide) groups is 1. The van der Waals surface area contributed by atoms with E-state index in [1.54, 1.807) is 13.0 Å². The van der Waals surface area contributed by atoms with Gasteiger partial charge in [-0.2, -0.15) is 0 Å². The van der Waals surface area contributed by atoms with Crippen molar-refractivity contribution in [1.82, 2.24) is 19.7 Å². The summed E-state index contributed by atoms with van der Waals surface area (Å²) in [5.74, 6) is -0.677. The lowest BCUT2D eigenvalue weighted by Gasteiger charge is -2.06. The Bertz CT molecular complexity index is 1200. The third kappa shape index (κ3) is 5.11. The topological polar surface area (TPSA) is 123 Å². The molecular weight excluding hydrogens is 413 g/mol. The van der Waals surface area contributed by atoms with Gasteiger partial charge < -0.3 is 14.7 Å². The van der Waals surface area contributed by atoms with Crippen LogP contribution < -0.4 is 16.6 Å². The van der Waals surface area contributed by atoms with Gasteiger partial charge in [0.15, 0.2) is 0 Å². The monoisotopic (exact) mass is 431 g/mol. The number of anilines is 1. The smallest absolute Gasteiger partial charge is 0.328 e. The summed E-state index contributed by atoms with van der Waals surface area (Å²) in [6, 6.07) is 5.55. The molecular formula is C19H18FN5O4S. The average Bonchev–Trinajstić information content (AvgIpc) is 3.14. The van der Waals surface area contributed by atoms with Crippen LogP contribution in [0.15, 0.2) is 56.1 Å². The zero-order valence-corrected chi connectivity index (χ0v) is 16.8. The van der Waals surface area contributed by atoms with E-state index in [2.05, 4.69) is 27.1 Å². The molecule has 11 heteroatoms. The molecule has 0 saturated carbocycles. The zero-order valence-electron chi connectivity index (χ0n) is 16.0. The molecule has 30 heavy (non-hydrogen) atoms. The maximum Gasteiger partial charge on any atom is 0.328 e. The SMILES string of the molecule is C=CCn1c(=O)[nH]c(C)c(Cc2nnc(SCC(=O)Nc3cccc(F)c3)o2)c1=O. The van der Waals surface area contributed by atoms with Crippen LogP contribution in [0, 0.1) is 12.7 Å². The minimum absolute atomic E-state index is 0.0258. The van der Waals surface area contributed by atoms with Crippen LogP contribution in [0.2, 0.25) is 0 Å². The highest BCUT2D eigenvalue weighted by Gasteiger charge is 2.16. The molecule has 0 aliphatic heterocycles. The summed E-state index contributed by atoms with van der Waals surface area (Å²) in [5.41, 5.74) is 0.0918. The first kappa shape index (κ1) is 21.2. The second-order valence-electron chi connectivity index (χ2n) is 6.22. The third-order valence-corrected chi connectivity index (χ3v) is 4.84. The van der Waals surface area contributed by atoms with Gasteiger partial charge in [0.2, 0.25) is 11.8 Å². The molecule has 2 aromatic heterocycles. The number of aryl methyl sites for hydroxylation is 1. The molecule has 1 aromatic carbocycles. The Balaban J connectivity index is 1.65. The summed E-state index contributed by atoms with van der Waals surface area (Å²) in [7, 11) is 0. The van der Waals surface area contributed by atoms with E-state index in [1.807, 2.05) is 0 Å².